The third kappa shape index (κ3) is 31.7. The van der Waals surface area contributed by atoms with Gasteiger partial charge in [0.25, 0.3) is 0 Å². The van der Waals surface area contributed by atoms with Crippen LogP contribution < -0.4 is 0 Å². The Balaban J connectivity index is 3.95. The summed E-state index contributed by atoms with van der Waals surface area (Å²) in [4.78, 5) is 26.9. The maximum absolute atomic E-state index is 12.4. The van der Waals surface area contributed by atoms with E-state index in [2.05, 4.69) is 32.8 Å². The smallest absolute Gasteiger partial charge is 0.306 e. The summed E-state index contributed by atoms with van der Waals surface area (Å²) in [5, 5.41) is 0. The van der Waals surface area contributed by atoms with Crippen molar-refractivity contribution in [2.45, 2.75) is 193 Å². The number of carbonyl (C=O) groups is 2. The zero-order chi connectivity index (χ0) is 30.2. The molecular weight excluding hydrogens is 510 g/mol. The largest absolute Gasteiger partial charge is 0.462 e. The molecule has 244 valence electrons. The molecule has 0 aromatic heterocycles. The van der Waals surface area contributed by atoms with E-state index in [0.717, 1.165) is 57.9 Å². The molecule has 0 aromatic carbocycles. The van der Waals surface area contributed by atoms with Crippen molar-refractivity contribution in [2.75, 3.05) is 27.2 Å². The maximum atomic E-state index is 12.4. The standard InChI is InChI=1S/C36H71NO4/c1-5-7-9-11-13-14-15-16-17-18-19-20-21-23-26-30-35(38)40-33-34(29-25-22-12-10-8-6-2)41-36(39)31-27-24-28-32-37(3)4/h34H,5-33H2,1-4H3. The van der Waals surface area contributed by atoms with Gasteiger partial charge in [-0.3, -0.25) is 9.59 Å². The van der Waals surface area contributed by atoms with Crippen molar-refractivity contribution in [2.24, 2.45) is 0 Å². The van der Waals surface area contributed by atoms with Crippen molar-refractivity contribution < 1.29 is 19.1 Å². The number of unbranched alkanes of at least 4 members (excludes halogenated alkanes) is 21. The summed E-state index contributed by atoms with van der Waals surface area (Å²) in [5.74, 6) is -0.295. The van der Waals surface area contributed by atoms with Gasteiger partial charge in [0.15, 0.2) is 0 Å². The molecule has 0 aliphatic rings. The first-order valence-electron chi connectivity index (χ1n) is 18.0. The number of hydrogen-bond acceptors (Lipinski definition) is 5. The molecule has 0 N–H and O–H groups in total. The second kappa shape index (κ2) is 31.8. The lowest BCUT2D eigenvalue weighted by Gasteiger charge is -2.18. The van der Waals surface area contributed by atoms with E-state index in [1.165, 1.54) is 109 Å². The van der Waals surface area contributed by atoms with E-state index in [4.69, 9.17) is 9.47 Å². The van der Waals surface area contributed by atoms with Crippen LogP contribution in [-0.2, 0) is 19.1 Å². The lowest BCUT2D eigenvalue weighted by Crippen LogP contribution is -2.25. The van der Waals surface area contributed by atoms with Gasteiger partial charge in [-0.1, -0.05) is 142 Å². The van der Waals surface area contributed by atoms with Gasteiger partial charge in [-0.15, -0.1) is 0 Å². The fourth-order valence-electron chi connectivity index (χ4n) is 5.35. The van der Waals surface area contributed by atoms with Crippen molar-refractivity contribution in [1.29, 1.82) is 0 Å². The summed E-state index contributed by atoms with van der Waals surface area (Å²) in [6.45, 7) is 5.76. The van der Waals surface area contributed by atoms with Crippen LogP contribution in [0.1, 0.15) is 187 Å². The molecule has 0 spiro atoms. The van der Waals surface area contributed by atoms with Crippen LogP contribution in [0.4, 0.5) is 0 Å². The average Bonchev–Trinajstić information content (AvgIpc) is 2.95. The fourth-order valence-corrected chi connectivity index (χ4v) is 5.35. The Hall–Kier alpha value is -1.10. The molecule has 0 rings (SSSR count). The molecule has 0 aliphatic carbocycles. The minimum absolute atomic E-state index is 0.146. The normalized spacial score (nSPS) is 12.1. The van der Waals surface area contributed by atoms with Crippen LogP contribution in [0.15, 0.2) is 0 Å². The Kier molecular flexibility index (Phi) is 31.0. The molecule has 0 aromatic rings. The summed E-state index contributed by atoms with van der Waals surface area (Å²) >= 11 is 0. The Labute approximate surface area is 256 Å². The molecule has 0 amide bonds. The quantitative estimate of drug-likeness (QED) is 0.0584. The van der Waals surface area contributed by atoms with E-state index < -0.39 is 0 Å². The predicted octanol–water partition coefficient (Wildman–Crippen LogP) is 10.6. The third-order valence-corrected chi connectivity index (χ3v) is 8.08. The van der Waals surface area contributed by atoms with Gasteiger partial charge in [-0.25, -0.2) is 0 Å². The second-order valence-corrected chi connectivity index (χ2v) is 12.7. The Morgan fingerprint density at radius 3 is 1.37 bits per heavy atom. The Morgan fingerprint density at radius 2 is 0.902 bits per heavy atom. The minimum Gasteiger partial charge on any atom is -0.462 e. The summed E-state index contributed by atoms with van der Waals surface area (Å²) in [5.41, 5.74) is 0. The topological polar surface area (TPSA) is 55.8 Å². The van der Waals surface area contributed by atoms with E-state index in [1.54, 1.807) is 0 Å². The molecular formula is C36H71NO4. The molecule has 0 saturated carbocycles. The number of rotatable bonds is 32. The first kappa shape index (κ1) is 39.9. The lowest BCUT2D eigenvalue weighted by atomic mass is 10.0. The highest BCUT2D eigenvalue weighted by atomic mass is 16.6. The van der Waals surface area contributed by atoms with Crippen LogP contribution in [0.3, 0.4) is 0 Å². The maximum Gasteiger partial charge on any atom is 0.306 e. The van der Waals surface area contributed by atoms with Crippen LogP contribution in [-0.4, -0.2) is 50.2 Å². The number of ether oxygens (including phenoxy) is 2. The van der Waals surface area contributed by atoms with Crippen molar-refractivity contribution in [3.8, 4) is 0 Å². The highest BCUT2D eigenvalue weighted by molar-refractivity contribution is 5.70. The Morgan fingerprint density at radius 1 is 0.512 bits per heavy atom. The zero-order valence-electron chi connectivity index (χ0n) is 28.2. The van der Waals surface area contributed by atoms with Gasteiger partial charge in [0.05, 0.1) is 0 Å². The molecule has 5 nitrogen and oxygen atoms in total. The van der Waals surface area contributed by atoms with Crippen molar-refractivity contribution in [3.05, 3.63) is 0 Å². The van der Waals surface area contributed by atoms with E-state index in [0.29, 0.717) is 12.8 Å². The van der Waals surface area contributed by atoms with Crippen LogP contribution in [0.25, 0.3) is 0 Å². The molecule has 0 aliphatic heterocycles. The zero-order valence-corrected chi connectivity index (χ0v) is 28.2. The Bertz CT molecular complexity index is 566. The molecule has 41 heavy (non-hydrogen) atoms. The van der Waals surface area contributed by atoms with Gasteiger partial charge in [-0.2, -0.15) is 0 Å². The third-order valence-electron chi connectivity index (χ3n) is 8.08. The van der Waals surface area contributed by atoms with Gasteiger partial charge < -0.3 is 14.4 Å². The van der Waals surface area contributed by atoms with Crippen molar-refractivity contribution in [3.63, 3.8) is 0 Å². The van der Waals surface area contributed by atoms with Crippen LogP contribution in [0.2, 0.25) is 0 Å². The summed E-state index contributed by atoms with van der Waals surface area (Å²) in [6.07, 6.45) is 31.3. The van der Waals surface area contributed by atoms with Gasteiger partial charge in [-0.05, 0) is 52.7 Å². The van der Waals surface area contributed by atoms with Crippen molar-refractivity contribution >= 4 is 11.9 Å². The molecule has 5 heteroatoms. The summed E-state index contributed by atoms with van der Waals surface area (Å²) in [7, 11) is 4.14. The lowest BCUT2D eigenvalue weighted by molar-refractivity contribution is -0.159. The number of esters is 2. The first-order chi connectivity index (χ1) is 20.0. The van der Waals surface area contributed by atoms with Crippen molar-refractivity contribution in [1.82, 2.24) is 4.90 Å². The number of nitrogens with zero attached hydrogens (tertiary/aromatic N) is 1. The molecule has 0 heterocycles. The summed E-state index contributed by atoms with van der Waals surface area (Å²) in [6, 6.07) is 0. The van der Waals surface area contributed by atoms with Gasteiger partial charge >= 0.3 is 11.9 Å². The highest BCUT2D eigenvalue weighted by Gasteiger charge is 2.17. The molecule has 0 saturated heterocycles. The van der Waals surface area contributed by atoms with E-state index in [9.17, 15) is 9.59 Å². The number of hydrogen-bond donors (Lipinski definition) is 0. The van der Waals surface area contributed by atoms with Crippen LogP contribution in [0.5, 0.6) is 0 Å². The van der Waals surface area contributed by atoms with Crippen LogP contribution in [0, 0.1) is 0 Å². The fraction of sp³-hybridized carbons (Fsp3) is 0.944. The molecule has 0 fully saturated rings. The minimum atomic E-state index is -0.305. The van der Waals surface area contributed by atoms with Gasteiger partial charge in [0, 0.05) is 12.8 Å². The number of carbonyl (C=O) groups excluding carboxylic acids is 2. The highest BCUT2D eigenvalue weighted by Crippen LogP contribution is 2.15. The molecule has 0 bridgehead atoms. The van der Waals surface area contributed by atoms with Gasteiger partial charge in [0.2, 0.25) is 0 Å². The second-order valence-electron chi connectivity index (χ2n) is 12.7. The predicted molar refractivity (Wildman–Crippen MR) is 175 cm³/mol. The molecule has 1 unspecified atom stereocenters. The molecule has 0 radical (unpaired) electrons. The SMILES string of the molecule is CCCCCCCCCCCCCCCCCC(=O)OCC(CCCCCCCC)OC(=O)CCCCCN(C)C. The van der Waals surface area contributed by atoms with Gasteiger partial charge in [0.1, 0.15) is 12.7 Å². The van der Waals surface area contributed by atoms with E-state index >= 15 is 0 Å². The van der Waals surface area contributed by atoms with E-state index in [-0.39, 0.29) is 24.6 Å². The summed E-state index contributed by atoms with van der Waals surface area (Å²) < 4.78 is 11.3. The average molecular weight is 582 g/mol. The monoisotopic (exact) mass is 582 g/mol. The first-order valence-corrected chi connectivity index (χ1v) is 18.0. The van der Waals surface area contributed by atoms with Crippen LogP contribution >= 0.6 is 0 Å². The van der Waals surface area contributed by atoms with E-state index in [1.807, 2.05) is 0 Å². The molecule has 1 atom stereocenters.